The van der Waals surface area contributed by atoms with Crippen molar-refractivity contribution in [3.05, 3.63) is 42.0 Å². The second-order valence-electron chi connectivity index (χ2n) is 3.06. The van der Waals surface area contributed by atoms with E-state index >= 15 is 0 Å². The Morgan fingerprint density at radius 1 is 1.14 bits per heavy atom. The monoisotopic (exact) mass is 205 g/mol. The third-order valence-corrected chi connectivity index (χ3v) is 2.33. The first-order valence-electron chi connectivity index (χ1n) is 4.16. The van der Waals surface area contributed by atoms with Crippen LogP contribution in [0.2, 0.25) is 0 Å². The largest absolute Gasteiger partial charge is 0.398 e. The number of nitrogen functional groups attached to an aromatic ring is 1. The number of anilines is 1. The molecule has 14 heavy (non-hydrogen) atoms. The maximum Gasteiger partial charge on any atom is 0.254 e. The number of fused-ring (bicyclic) bond motifs is 1. The second-order valence-corrected chi connectivity index (χ2v) is 3.40. The SMILES string of the molecule is Nc1cc2ccccc2cc1C(=O)Cl. The molecule has 0 aliphatic rings. The van der Waals surface area contributed by atoms with Crippen LogP contribution in [0.15, 0.2) is 36.4 Å². The van der Waals surface area contributed by atoms with Gasteiger partial charge in [0.1, 0.15) is 0 Å². The average molecular weight is 206 g/mol. The Labute approximate surface area is 86.3 Å². The molecule has 0 aromatic heterocycles. The van der Waals surface area contributed by atoms with Crippen molar-refractivity contribution < 1.29 is 4.79 Å². The van der Waals surface area contributed by atoms with E-state index in [9.17, 15) is 4.79 Å². The van der Waals surface area contributed by atoms with E-state index in [0.29, 0.717) is 11.3 Å². The zero-order valence-corrected chi connectivity index (χ0v) is 8.08. The molecule has 0 unspecified atom stereocenters. The minimum Gasteiger partial charge on any atom is -0.398 e. The molecule has 0 bridgehead atoms. The first-order chi connectivity index (χ1) is 6.68. The summed E-state index contributed by atoms with van der Waals surface area (Å²) in [6, 6.07) is 11.1. The molecule has 0 saturated heterocycles. The first-order valence-corrected chi connectivity index (χ1v) is 4.54. The molecule has 0 fully saturated rings. The molecule has 3 heteroatoms. The molecule has 0 radical (unpaired) electrons. The molecule has 2 N–H and O–H groups in total. The van der Waals surface area contributed by atoms with Gasteiger partial charge in [0, 0.05) is 5.69 Å². The van der Waals surface area contributed by atoms with E-state index in [0.717, 1.165) is 10.8 Å². The lowest BCUT2D eigenvalue weighted by Gasteiger charge is -2.03. The Morgan fingerprint density at radius 2 is 1.71 bits per heavy atom. The zero-order valence-electron chi connectivity index (χ0n) is 7.33. The standard InChI is InChI=1S/C11H8ClNO/c12-11(14)9-5-7-3-1-2-4-8(7)6-10(9)13/h1-6H,13H2. The van der Waals surface area contributed by atoms with Gasteiger partial charge in [-0.15, -0.1) is 0 Å². The van der Waals surface area contributed by atoms with E-state index < -0.39 is 5.24 Å². The van der Waals surface area contributed by atoms with Crippen LogP contribution < -0.4 is 5.73 Å². The number of halogens is 1. The number of rotatable bonds is 1. The number of carbonyl (C=O) groups excluding carboxylic acids is 1. The van der Waals surface area contributed by atoms with Crippen LogP contribution in [0, 0.1) is 0 Å². The maximum atomic E-state index is 11.0. The van der Waals surface area contributed by atoms with Gasteiger partial charge in [0.05, 0.1) is 5.56 Å². The summed E-state index contributed by atoms with van der Waals surface area (Å²) in [6.45, 7) is 0. The minimum atomic E-state index is -0.520. The van der Waals surface area contributed by atoms with E-state index in [2.05, 4.69) is 0 Å². The van der Waals surface area contributed by atoms with Gasteiger partial charge in [-0.1, -0.05) is 24.3 Å². The summed E-state index contributed by atoms with van der Waals surface area (Å²) in [7, 11) is 0. The van der Waals surface area contributed by atoms with Crippen LogP contribution in [0.1, 0.15) is 10.4 Å². The maximum absolute atomic E-state index is 11.0. The van der Waals surface area contributed by atoms with Gasteiger partial charge in [0.2, 0.25) is 0 Å². The topological polar surface area (TPSA) is 43.1 Å². The molecule has 0 aliphatic carbocycles. The summed E-state index contributed by atoms with van der Waals surface area (Å²) >= 11 is 5.39. The van der Waals surface area contributed by atoms with Crippen LogP contribution in [0.4, 0.5) is 5.69 Å². The summed E-state index contributed by atoms with van der Waals surface area (Å²) < 4.78 is 0. The number of hydrogen-bond donors (Lipinski definition) is 1. The van der Waals surface area contributed by atoms with Crippen molar-refractivity contribution in [1.29, 1.82) is 0 Å². The van der Waals surface area contributed by atoms with Gasteiger partial charge >= 0.3 is 0 Å². The van der Waals surface area contributed by atoms with Crippen LogP contribution in [-0.4, -0.2) is 5.24 Å². The van der Waals surface area contributed by atoms with Crippen molar-refractivity contribution in [3.63, 3.8) is 0 Å². The molecule has 70 valence electrons. The number of hydrogen-bond acceptors (Lipinski definition) is 2. The van der Waals surface area contributed by atoms with E-state index in [1.54, 1.807) is 12.1 Å². The average Bonchev–Trinajstić information content (AvgIpc) is 2.16. The van der Waals surface area contributed by atoms with E-state index in [-0.39, 0.29) is 0 Å². The van der Waals surface area contributed by atoms with Crippen LogP contribution in [0.25, 0.3) is 10.8 Å². The van der Waals surface area contributed by atoms with Gasteiger partial charge in [0.15, 0.2) is 0 Å². The zero-order chi connectivity index (χ0) is 10.1. The summed E-state index contributed by atoms with van der Waals surface area (Å²) in [5.41, 5.74) is 6.47. The predicted molar refractivity (Wildman–Crippen MR) is 58.5 cm³/mol. The van der Waals surface area contributed by atoms with E-state index in [1.807, 2.05) is 24.3 Å². The number of benzene rings is 2. The van der Waals surface area contributed by atoms with Crippen molar-refractivity contribution >= 4 is 33.3 Å². The van der Waals surface area contributed by atoms with Crippen LogP contribution in [-0.2, 0) is 0 Å². The number of carbonyl (C=O) groups is 1. The van der Waals surface area contributed by atoms with E-state index in [1.165, 1.54) is 0 Å². The molecule has 0 aliphatic heterocycles. The highest BCUT2D eigenvalue weighted by atomic mass is 35.5. The van der Waals surface area contributed by atoms with Crippen molar-refractivity contribution in [2.45, 2.75) is 0 Å². The van der Waals surface area contributed by atoms with Gasteiger partial charge in [-0.2, -0.15) is 0 Å². The molecule has 0 spiro atoms. The van der Waals surface area contributed by atoms with Gasteiger partial charge in [-0.3, -0.25) is 4.79 Å². The molecule has 0 heterocycles. The molecule has 2 aromatic rings. The van der Waals surface area contributed by atoms with Crippen molar-refractivity contribution in [3.8, 4) is 0 Å². The van der Waals surface area contributed by atoms with Gasteiger partial charge < -0.3 is 5.73 Å². The Hall–Kier alpha value is -1.54. The van der Waals surface area contributed by atoms with Crippen LogP contribution in [0.5, 0.6) is 0 Å². The summed E-state index contributed by atoms with van der Waals surface area (Å²) in [5.74, 6) is 0. The molecule has 0 amide bonds. The highest BCUT2D eigenvalue weighted by molar-refractivity contribution is 6.68. The molecule has 0 atom stereocenters. The summed E-state index contributed by atoms with van der Waals surface area (Å²) in [4.78, 5) is 11.0. The molecule has 0 saturated carbocycles. The predicted octanol–water partition coefficient (Wildman–Crippen LogP) is 2.80. The van der Waals surface area contributed by atoms with Crippen molar-refractivity contribution in [1.82, 2.24) is 0 Å². The molecular formula is C11H8ClNO. The lowest BCUT2D eigenvalue weighted by Crippen LogP contribution is -1.97. The Morgan fingerprint density at radius 3 is 2.29 bits per heavy atom. The lowest BCUT2D eigenvalue weighted by molar-refractivity contribution is 0.108. The fraction of sp³-hybridized carbons (Fsp3) is 0. The summed E-state index contributed by atoms with van der Waals surface area (Å²) in [6.07, 6.45) is 0. The van der Waals surface area contributed by atoms with Crippen molar-refractivity contribution in [2.24, 2.45) is 0 Å². The molecule has 2 aromatic carbocycles. The van der Waals surface area contributed by atoms with E-state index in [4.69, 9.17) is 17.3 Å². The Bertz CT molecular complexity index is 508. The smallest absolute Gasteiger partial charge is 0.254 e. The number of nitrogens with two attached hydrogens (primary N) is 1. The normalized spacial score (nSPS) is 10.4. The quantitative estimate of drug-likeness (QED) is 0.575. The highest BCUT2D eigenvalue weighted by Crippen LogP contribution is 2.22. The third-order valence-electron chi connectivity index (χ3n) is 2.13. The Kier molecular flexibility index (Phi) is 2.14. The molecule has 2 nitrogen and oxygen atoms in total. The third kappa shape index (κ3) is 1.44. The fourth-order valence-electron chi connectivity index (χ4n) is 1.43. The van der Waals surface area contributed by atoms with Gasteiger partial charge in [0.25, 0.3) is 5.24 Å². The molecular weight excluding hydrogens is 198 g/mol. The Balaban J connectivity index is 2.77. The fourth-order valence-corrected chi connectivity index (χ4v) is 1.59. The van der Waals surface area contributed by atoms with Crippen molar-refractivity contribution in [2.75, 3.05) is 5.73 Å². The lowest BCUT2D eigenvalue weighted by atomic mass is 10.1. The second kappa shape index (κ2) is 3.31. The van der Waals surface area contributed by atoms with Crippen LogP contribution in [0.3, 0.4) is 0 Å². The minimum absolute atomic E-state index is 0.366. The summed E-state index contributed by atoms with van der Waals surface area (Å²) in [5, 5.41) is 1.45. The van der Waals surface area contributed by atoms with Crippen LogP contribution >= 0.6 is 11.6 Å². The first kappa shape index (κ1) is 9.03. The van der Waals surface area contributed by atoms with Gasteiger partial charge in [-0.05, 0) is 34.5 Å². The highest BCUT2D eigenvalue weighted by Gasteiger charge is 2.07. The molecule has 2 rings (SSSR count). The van der Waals surface area contributed by atoms with Gasteiger partial charge in [-0.25, -0.2) is 0 Å².